The molecule has 0 atom stereocenters. The standard InChI is InChI=1S/C11H17N3/c1-10-4-7-14(8-5-10)9-11-3-2-6-12-13-11/h2-3,6,10H,4-5,7-9H2,1H3. The molecule has 1 aliphatic heterocycles. The van der Waals surface area contributed by atoms with Gasteiger partial charge in [0.1, 0.15) is 0 Å². The molecule has 14 heavy (non-hydrogen) atoms. The van der Waals surface area contributed by atoms with E-state index in [-0.39, 0.29) is 0 Å². The number of nitrogens with zero attached hydrogens (tertiary/aromatic N) is 3. The van der Waals surface area contributed by atoms with E-state index in [1.54, 1.807) is 6.20 Å². The summed E-state index contributed by atoms with van der Waals surface area (Å²) in [5, 5.41) is 7.99. The van der Waals surface area contributed by atoms with Crippen LogP contribution in [0.25, 0.3) is 0 Å². The maximum absolute atomic E-state index is 4.10. The third kappa shape index (κ3) is 2.51. The number of rotatable bonds is 2. The van der Waals surface area contributed by atoms with Crippen molar-refractivity contribution in [3.05, 3.63) is 24.0 Å². The zero-order valence-corrected chi connectivity index (χ0v) is 8.69. The average Bonchev–Trinajstić information content (AvgIpc) is 2.23. The smallest absolute Gasteiger partial charge is 0.0771 e. The van der Waals surface area contributed by atoms with Gasteiger partial charge in [-0.25, -0.2) is 0 Å². The van der Waals surface area contributed by atoms with E-state index in [2.05, 4.69) is 22.0 Å². The molecule has 3 heteroatoms. The van der Waals surface area contributed by atoms with Crippen LogP contribution >= 0.6 is 0 Å². The molecule has 0 aliphatic carbocycles. The quantitative estimate of drug-likeness (QED) is 0.712. The first kappa shape index (κ1) is 9.59. The fraction of sp³-hybridized carbons (Fsp3) is 0.636. The topological polar surface area (TPSA) is 29.0 Å². The van der Waals surface area contributed by atoms with Crippen molar-refractivity contribution in [3.8, 4) is 0 Å². The lowest BCUT2D eigenvalue weighted by Gasteiger charge is -2.29. The zero-order chi connectivity index (χ0) is 9.80. The molecule has 1 fully saturated rings. The van der Waals surface area contributed by atoms with E-state index in [0.29, 0.717) is 0 Å². The lowest BCUT2D eigenvalue weighted by Crippen LogP contribution is -2.32. The van der Waals surface area contributed by atoms with Crippen LogP contribution in [0.1, 0.15) is 25.5 Å². The predicted octanol–water partition coefficient (Wildman–Crippen LogP) is 1.71. The molecule has 2 heterocycles. The molecular formula is C11H17N3. The van der Waals surface area contributed by atoms with Gasteiger partial charge in [-0.3, -0.25) is 4.90 Å². The van der Waals surface area contributed by atoms with Gasteiger partial charge in [0.2, 0.25) is 0 Å². The second-order valence-corrected chi connectivity index (χ2v) is 4.17. The molecular weight excluding hydrogens is 174 g/mol. The molecule has 3 nitrogen and oxygen atoms in total. The Hall–Kier alpha value is -0.960. The van der Waals surface area contributed by atoms with Crippen molar-refractivity contribution in [2.45, 2.75) is 26.3 Å². The third-order valence-corrected chi connectivity index (χ3v) is 2.89. The normalized spacial score (nSPS) is 19.8. The maximum Gasteiger partial charge on any atom is 0.0771 e. The van der Waals surface area contributed by atoms with Crippen LogP contribution in [-0.4, -0.2) is 28.2 Å². The minimum absolute atomic E-state index is 0.896. The Labute approximate surface area is 85.1 Å². The first-order valence-corrected chi connectivity index (χ1v) is 5.33. The minimum atomic E-state index is 0.896. The molecule has 0 unspecified atom stereocenters. The molecule has 2 rings (SSSR count). The highest BCUT2D eigenvalue weighted by atomic mass is 15.2. The SMILES string of the molecule is CC1CCN(Cc2cccnn2)CC1. The van der Waals surface area contributed by atoms with E-state index in [9.17, 15) is 0 Å². The Bertz CT molecular complexity index is 265. The summed E-state index contributed by atoms with van der Waals surface area (Å²) in [6, 6.07) is 4.00. The monoisotopic (exact) mass is 191 g/mol. The predicted molar refractivity (Wildman–Crippen MR) is 55.7 cm³/mol. The summed E-state index contributed by atoms with van der Waals surface area (Å²) in [4.78, 5) is 2.46. The summed E-state index contributed by atoms with van der Waals surface area (Å²) in [6.45, 7) is 5.70. The van der Waals surface area contributed by atoms with Crippen LogP contribution in [0, 0.1) is 5.92 Å². The van der Waals surface area contributed by atoms with Gasteiger partial charge in [-0.05, 0) is 44.0 Å². The van der Waals surface area contributed by atoms with Crippen LogP contribution in [0.3, 0.4) is 0 Å². The second-order valence-electron chi connectivity index (χ2n) is 4.17. The van der Waals surface area contributed by atoms with Crippen molar-refractivity contribution in [3.63, 3.8) is 0 Å². The fourth-order valence-electron chi connectivity index (χ4n) is 1.87. The van der Waals surface area contributed by atoms with Gasteiger partial charge in [-0.15, -0.1) is 0 Å². The van der Waals surface area contributed by atoms with Crippen molar-refractivity contribution >= 4 is 0 Å². The highest BCUT2D eigenvalue weighted by Crippen LogP contribution is 2.17. The number of aromatic nitrogens is 2. The highest BCUT2D eigenvalue weighted by molar-refractivity contribution is 4.98. The van der Waals surface area contributed by atoms with E-state index in [1.165, 1.54) is 25.9 Å². The van der Waals surface area contributed by atoms with Gasteiger partial charge in [0, 0.05) is 12.7 Å². The second kappa shape index (κ2) is 4.51. The van der Waals surface area contributed by atoms with E-state index >= 15 is 0 Å². The first-order chi connectivity index (χ1) is 6.84. The Morgan fingerprint density at radius 3 is 2.86 bits per heavy atom. The van der Waals surface area contributed by atoms with Gasteiger partial charge in [0.25, 0.3) is 0 Å². The lowest BCUT2D eigenvalue weighted by atomic mass is 9.99. The Kier molecular flexibility index (Phi) is 3.09. The van der Waals surface area contributed by atoms with Crippen molar-refractivity contribution in [2.24, 2.45) is 5.92 Å². The molecule has 0 saturated carbocycles. The number of piperidine rings is 1. The summed E-state index contributed by atoms with van der Waals surface area (Å²) in [6.07, 6.45) is 4.36. The molecule has 1 aromatic heterocycles. The largest absolute Gasteiger partial charge is 0.297 e. The molecule has 0 amide bonds. The van der Waals surface area contributed by atoms with Crippen molar-refractivity contribution in [1.29, 1.82) is 0 Å². The first-order valence-electron chi connectivity index (χ1n) is 5.33. The molecule has 1 aliphatic rings. The Balaban J connectivity index is 1.87. The summed E-state index contributed by atoms with van der Waals surface area (Å²) >= 11 is 0. The summed E-state index contributed by atoms with van der Waals surface area (Å²) in [5.74, 6) is 0.896. The molecule has 0 aromatic carbocycles. The van der Waals surface area contributed by atoms with Gasteiger partial charge < -0.3 is 0 Å². The van der Waals surface area contributed by atoms with Crippen LogP contribution in [0.5, 0.6) is 0 Å². The van der Waals surface area contributed by atoms with Crippen LogP contribution in [0.4, 0.5) is 0 Å². The highest BCUT2D eigenvalue weighted by Gasteiger charge is 2.15. The van der Waals surface area contributed by atoms with Crippen LogP contribution in [-0.2, 0) is 6.54 Å². The fourth-order valence-corrected chi connectivity index (χ4v) is 1.87. The zero-order valence-electron chi connectivity index (χ0n) is 8.69. The number of hydrogen-bond acceptors (Lipinski definition) is 3. The molecule has 0 radical (unpaired) electrons. The van der Waals surface area contributed by atoms with Crippen LogP contribution in [0.15, 0.2) is 18.3 Å². The number of likely N-dealkylation sites (tertiary alicyclic amines) is 1. The average molecular weight is 191 g/mol. The summed E-state index contributed by atoms with van der Waals surface area (Å²) in [7, 11) is 0. The summed E-state index contributed by atoms with van der Waals surface area (Å²) in [5.41, 5.74) is 1.09. The van der Waals surface area contributed by atoms with E-state index < -0.39 is 0 Å². The van der Waals surface area contributed by atoms with Crippen molar-refractivity contribution < 1.29 is 0 Å². The lowest BCUT2D eigenvalue weighted by molar-refractivity contribution is 0.183. The van der Waals surface area contributed by atoms with Crippen molar-refractivity contribution in [2.75, 3.05) is 13.1 Å². The van der Waals surface area contributed by atoms with Crippen LogP contribution < -0.4 is 0 Å². The molecule has 0 spiro atoms. The van der Waals surface area contributed by atoms with E-state index in [4.69, 9.17) is 0 Å². The van der Waals surface area contributed by atoms with Gasteiger partial charge in [-0.1, -0.05) is 6.92 Å². The molecule has 0 N–H and O–H groups in total. The Morgan fingerprint density at radius 2 is 2.21 bits per heavy atom. The maximum atomic E-state index is 4.10. The van der Waals surface area contributed by atoms with Gasteiger partial charge in [-0.2, -0.15) is 10.2 Å². The Morgan fingerprint density at radius 1 is 1.43 bits per heavy atom. The van der Waals surface area contributed by atoms with Gasteiger partial charge >= 0.3 is 0 Å². The van der Waals surface area contributed by atoms with Gasteiger partial charge in [0.05, 0.1) is 5.69 Å². The third-order valence-electron chi connectivity index (χ3n) is 2.89. The van der Waals surface area contributed by atoms with Crippen molar-refractivity contribution in [1.82, 2.24) is 15.1 Å². The van der Waals surface area contributed by atoms with E-state index in [1.807, 2.05) is 12.1 Å². The van der Waals surface area contributed by atoms with E-state index in [0.717, 1.165) is 18.2 Å². The number of hydrogen-bond donors (Lipinski definition) is 0. The molecule has 1 saturated heterocycles. The molecule has 1 aromatic rings. The minimum Gasteiger partial charge on any atom is -0.297 e. The molecule has 76 valence electrons. The summed E-state index contributed by atoms with van der Waals surface area (Å²) < 4.78 is 0. The van der Waals surface area contributed by atoms with Gasteiger partial charge in [0.15, 0.2) is 0 Å². The van der Waals surface area contributed by atoms with Crippen LogP contribution in [0.2, 0.25) is 0 Å². The molecule has 0 bridgehead atoms.